The average molecular weight is 381 g/mol. The third-order valence-corrected chi connectivity index (χ3v) is 4.90. The van der Waals surface area contributed by atoms with E-state index in [0.717, 1.165) is 5.56 Å². The lowest BCUT2D eigenvalue weighted by Crippen LogP contribution is -2.27. The van der Waals surface area contributed by atoms with Crippen molar-refractivity contribution in [2.75, 3.05) is 13.6 Å². The lowest BCUT2D eigenvalue weighted by molar-refractivity contribution is 0.0954. The van der Waals surface area contributed by atoms with Gasteiger partial charge in [-0.05, 0) is 6.92 Å². The van der Waals surface area contributed by atoms with Crippen molar-refractivity contribution >= 4 is 23.2 Å². The van der Waals surface area contributed by atoms with Crippen LogP contribution in [0.25, 0.3) is 11.4 Å². The number of nitrogens with zero attached hydrogens (tertiary/aromatic N) is 3. The van der Waals surface area contributed by atoms with Crippen LogP contribution < -0.4 is 10.6 Å². The van der Waals surface area contributed by atoms with E-state index >= 15 is 0 Å². The zero-order valence-electron chi connectivity index (χ0n) is 15.0. The van der Waals surface area contributed by atoms with E-state index in [1.807, 2.05) is 30.3 Å². The molecule has 8 heteroatoms. The molecule has 2 N–H and O–H groups in total. The van der Waals surface area contributed by atoms with Crippen molar-refractivity contribution in [3.63, 3.8) is 0 Å². The first-order valence-electron chi connectivity index (χ1n) is 8.42. The molecule has 0 spiro atoms. The maximum absolute atomic E-state index is 12.2. The maximum Gasteiger partial charge on any atom is 0.263 e. The summed E-state index contributed by atoms with van der Waals surface area (Å²) in [7, 11) is 1.56. The fraction of sp³-hybridized carbons (Fsp3) is 0.211. The molecule has 7 nitrogen and oxygen atoms in total. The van der Waals surface area contributed by atoms with Crippen LogP contribution in [-0.2, 0) is 6.42 Å². The fourth-order valence-corrected chi connectivity index (χ4v) is 3.27. The fourth-order valence-electron chi connectivity index (χ4n) is 2.55. The number of benzene rings is 1. The molecule has 0 aliphatic rings. The van der Waals surface area contributed by atoms with Crippen LogP contribution >= 0.6 is 11.3 Å². The zero-order chi connectivity index (χ0) is 19.2. The van der Waals surface area contributed by atoms with Crippen LogP contribution in [0.4, 0.5) is 0 Å². The summed E-state index contributed by atoms with van der Waals surface area (Å²) in [6.07, 6.45) is 1.94. The summed E-state index contributed by atoms with van der Waals surface area (Å²) < 4.78 is 0. The molecule has 0 aliphatic carbocycles. The van der Waals surface area contributed by atoms with Gasteiger partial charge in [0, 0.05) is 31.8 Å². The monoisotopic (exact) mass is 381 g/mol. The van der Waals surface area contributed by atoms with Gasteiger partial charge in [0.25, 0.3) is 11.8 Å². The Kier molecular flexibility index (Phi) is 5.87. The second-order valence-electron chi connectivity index (χ2n) is 5.77. The lowest BCUT2D eigenvalue weighted by Gasteiger charge is -2.10. The third-order valence-electron chi connectivity index (χ3n) is 3.97. The zero-order valence-corrected chi connectivity index (χ0v) is 15.8. The van der Waals surface area contributed by atoms with Gasteiger partial charge < -0.3 is 10.6 Å². The third kappa shape index (κ3) is 4.35. The number of carbonyl (C=O) groups excluding carboxylic acids is 2. The summed E-state index contributed by atoms with van der Waals surface area (Å²) in [5, 5.41) is 5.45. The van der Waals surface area contributed by atoms with Gasteiger partial charge in [-0.25, -0.2) is 15.0 Å². The van der Waals surface area contributed by atoms with Gasteiger partial charge >= 0.3 is 0 Å². The Labute approximate surface area is 160 Å². The number of thiazole rings is 1. The largest absolute Gasteiger partial charge is 0.355 e. The molecule has 0 unspecified atom stereocenters. The molecular weight excluding hydrogens is 362 g/mol. The van der Waals surface area contributed by atoms with Crippen LogP contribution in [0, 0.1) is 6.92 Å². The molecule has 1 aromatic carbocycles. The van der Waals surface area contributed by atoms with Crippen LogP contribution in [0.5, 0.6) is 0 Å². The average Bonchev–Trinajstić information content (AvgIpc) is 3.14. The van der Waals surface area contributed by atoms with Crippen LogP contribution in [-0.4, -0.2) is 40.4 Å². The van der Waals surface area contributed by atoms with E-state index in [2.05, 4.69) is 25.6 Å². The van der Waals surface area contributed by atoms with Crippen LogP contribution in [0.1, 0.15) is 31.4 Å². The number of aromatic nitrogens is 3. The highest BCUT2D eigenvalue weighted by atomic mass is 32.1. The molecule has 2 aromatic heterocycles. The molecular formula is C19H19N5O2S. The number of nitrogens with one attached hydrogen (secondary N) is 2. The van der Waals surface area contributed by atoms with E-state index < -0.39 is 0 Å². The van der Waals surface area contributed by atoms with Crippen molar-refractivity contribution in [3.05, 3.63) is 63.9 Å². The molecule has 27 heavy (non-hydrogen) atoms. The van der Waals surface area contributed by atoms with Crippen molar-refractivity contribution in [2.24, 2.45) is 0 Å². The smallest absolute Gasteiger partial charge is 0.263 e. The standard InChI is InChI=1S/C19H19N5O2S/c1-12-16(27-11-23-12)19(26)21-9-8-15-14(18(25)20-2)10-22-17(24-15)13-6-4-3-5-7-13/h3-7,10-11H,8-9H2,1-2H3,(H,20,25)(H,21,26). The lowest BCUT2D eigenvalue weighted by atomic mass is 10.1. The molecule has 0 bridgehead atoms. The first-order chi connectivity index (χ1) is 13.1. The van der Waals surface area contributed by atoms with Crippen molar-refractivity contribution in [2.45, 2.75) is 13.3 Å². The summed E-state index contributed by atoms with van der Waals surface area (Å²) >= 11 is 1.30. The summed E-state index contributed by atoms with van der Waals surface area (Å²) in [5.41, 5.74) is 4.21. The minimum absolute atomic E-state index is 0.172. The molecule has 0 saturated carbocycles. The van der Waals surface area contributed by atoms with Gasteiger partial charge in [-0.15, -0.1) is 11.3 Å². The number of hydrogen-bond donors (Lipinski definition) is 2. The van der Waals surface area contributed by atoms with E-state index in [-0.39, 0.29) is 11.8 Å². The van der Waals surface area contributed by atoms with E-state index in [9.17, 15) is 9.59 Å². The highest BCUT2D eigenvalue weighted by Crippen LogP contribution is 2.17. The first kappa shape index (κ1) is 18.7. The predicted octanol–water partition coefficient (Wildman–Crippen LogP) is 2.24. The van der Waals surface area contributed by atoms with E-state index in [1.165, 1.54) is 17.5 Å². The second kappa shape index (κ2) is 8.50. The quantitative estimate of drug-likeness (QED) is 0.683. The van der Waals surface area contributed by atoms with Crippen LogP contribution in [0.15, 0.2) is 42.0 Å². The topological polar surface area (TPSA) is 96.9 Å². The normalized spacial score (nSPS) is 10.4. The highest BCUT2D eigenvalue weighted by molar-refractivity contribution is 7.11. The SMILES string of the molecule is CNC(=O)c1cnc(-c2ccccc2)nc1CCNC(=O)c1scnc1C. The summed E-state index contributed by atoms with van der Waals surface area (Å²) in [6.45, 7) is 2.15. The predicted molar refractivity (Wildman–Crippen MR) is 104 cm³/mol. The van der Waals surface area contributed by atoms with Crippen molar-refractivity contribution < 1.29 is 9.59 Å². The minimum atomic E-state index is -0.255. The van der Waals surface area contributed by atoms with Crippen LogP contribution in [0.3, 0.4) is 0 Å². The summed E-state index contributed by atoms with van der Waals surface area (Å²) in [4.78, 5) is 37.9. The summed E-state index contributed by atoms with van der Waals surface area (Å²) in [6, 6.07) is 9.55. The van der Waals surface area contributed by atoms with Gasteiger partial charge in [0.1, 0.15) is 4.88 Å². The van der Waals surface area contributed by atoms with Gasteiger partial charge in [0.15, 0.2) is 5.82 Å². The molecule has 2 heterocycles. The molecule has 0 aliphatic heterocycles. The molecule has 0 radical (unpaired) electrons. The Hall–Kier alpha value is -3.13. The molecule has 2 amide bonds. The molecule has 0 fully saturated rings. The Bertz CT molecular complexity index is 956. The van der Waals surface area contributed by atoms with Gasteiger partial charge in [-0.1, -0.05) is 30.3 Å². The van der Waals surface area contributed by atoms with Crippen molar-refractivity contribution in [3.8, 4) is 11.4 Å². The maximum atomic E-state index is 12.2. The van der Waals surface area contributed by atoms with E-state index in [4.69, 9.17) is 0 Å². The van der Waals surface area contributed by atoms with Gasteiger partial charge in [0.05, 0.1) is 22.5 Å². The molecule has 0 atom stereocenters. The molecule has 3 rings (SSSR count). The van der Waals surface area contributed by atoms with Crippen molar-refractivity contribution in [1.29, 1.82) is 0 Å². The van der Waals surface area contributed by atoms with Crippen LogP contribution in [0.2, 0.25) is 0 Å². The first-order valence-corrected chi connectivity index (χ1v) is 9.30. The Morgan fingerprint density at radius 2 is 1.89 bits per heavy atom. The van der Waals surface area contributed by atoms with Gasteiger partial charge in [-0.2, -0.15) is 0 Å². The summed E-state index contributed by atoms with van der Waals surface area (Å²) in [5.74, 6) is 0.117. The van der Waals surface area contributed by atoms with E-state index in [0.29, 0.717) is 40.6 Å². The van der Waals surface area contributed by atoms with Crippen molar-refractivity contribution in [1.82, 2.24) is 25.6 Å². The molecule has 138 valence electrons. The van der Waals surface area contributed by atoms with Gasteiger partial charge in [0.2, 0.25) is 0 Å². The van der Waals surface area contributed by atoms with Gasteiger partial charge in [-0.3, -0.25) is 9.59 Å². The number of carbonyl (C=O) groups is 2. The Balaban J connectivity index is 1.78. The Morgan fingerprint density at radius 3 is 2.56 bits per heavy atom. The number of amides is 2. The highest BCUT2D eigenvalue weighted by Gasteiger charge is 2.16. The van der Waals surface area contributed by atoms with E-state index in [1.54, 1.807) is 19.5 Å². The number of rotatable bonds is 6. The number of aryl methyl sites for hydroxylation is 1. The second-order valence-corrected chi connectivity index (χ2v) is 6.63. The Morgan fingerprint density at radius 1 is 1.11 bits per heavy atom. The number of hydrogen-bond acceptors (Lipinski definition) is 6. The minimum Gasteiger partial charge on any atom is -0.355 e. The molecule has 0 saturated heterocycles. The molecule has 3 aromatic rings.